The standard InChI is InChI=1S/C18H14Cl2N2O2S/c1-10-16(11-3-6-13(24-2)7-4-11)21-18(25-10)22-17(23)14-9-12(19)5-8-15(14)20/h3-9H,1-2H3,(H,21,22,23). The number of anilines is 1. The van der Waals surface area contributed by atoms with Crippen molar-refractivity contribution in [3.05, 3.63) is 63.0 Å². The largest absolute Gasteiger partial charge is 0.497 e. The third-order valence-corrected chi connectivity index (χ3v) is 5.00. The van der Waals surface area contributed by atoms with Gasteiger partial charge in [0.1, 0.15) is 5.75 Å². The van der Waals surface area contributed by atoms with Crippen LogP contribution in [-0.2, 0) is 0 Å². The number of carbonyl (C=O) groups excluding carboxylic acids is 1. The smallest absolute Gasteiger partial charge is 0.259 e. The number of benzene rings is 2. The second-order valence-corrected chi connectivity index (χ2v) is 7.28. The molecular weight excluding hydrogens is 379 g/mol. The number of aryl methyl sites for hydroxylation is 1. The number of aromatic nitrogens is 1. The van der Waals surface area contributed by atoms with Gasteiger partial charge in [-0.1, -0.05) is 23.2 Å². The summed E-state index contributed by atoms with van der Waals surface area (Å²) in [6.45, 7) is 1.96. The molecule has 1 amide bonds. The first-order valence-corrected chi connectivity index (χ1v) is 8.93. The molecule has 0 atom stereocenters. The highest BCUT2D eigenvalue weighted by Crippen LogP contribution is 2.32. The van der Waals surface area contributed by atoms with Crippen LogP contribution in [0.15, 0.2) is 42.5 Å². The normalized spacial score (nSPS) is 10.6. The molecule has 1 N–H and O–H groups in total. The van der Waals surface area contributed by atoms with Crippen molar-refractivity contribution in [1.29, 1.82) is 0 Å². The number of methoxy groups -OCH3 is 1. The molecule has 0 bridgehead atoms. The van der Waals surface area contributed by atoms with E-state index >= 15 is 0 Å². The lowest BCUT2D eigenvalue weighted by Gasteiger charge is -2.04. The van der Waals surface area contributed by atoms with Crippen molar-refractivity contribution in [2.45, 2.75) is 6.92 Å². The van der Waals surface area contributed by atoms with Crippen LogP contribution in [0.4, 0.5) is 5.13 Å². The lowest BCUT2D eigenvalue weighted by atomic mass is 10.1. The number of ether oxygens (including phenoxy) is 1. The number of thiazole rings is 1. The minimum absolute atomic E-state index is 0.313. The van der Waals surface area contributed by atoms with E-state index in [4.69, 9.17) is 27.9 Å². The molecule has 1 aromatic heterocycles. The number of amides is 1. The van der Waals surface area contributed by atoms with Gasteiger partial charge in [-0.15, -0.1) is 11.3 Å². The van der Waals surface area contributed by atoms with Gasteiger partial charge >= 0.3 is 0 Å². The van der Waals surface area contributed by atoms with E-state index in [9.17, 15) is 4.79 Å². The van der Waals surface area contributed by atoms with E-state index in [0.717, 1.165) is 21.9 Å². The van der Waals surface area contributed by atoms with E-state index in [1.807, 2.05) is 31.2 Å². The van der Waals surface area contributed by atoms with Crippen molar-refractivity contribution in [3.8, 4) is 17.0 Å². The van der Waals surface area contributed by atoms with E-state index in [0.29, 0.717) is 20.7 Å². The predicted molar refractivity (Wildman–Crippen MR) is 103 cm³/mol. The maximum absolute atomic E-state index is 12.4. The van der Waals surface area contributed by atoms with Gasteiger partial charge in [0.2, 0.25) is 0 Å². The van der Waals surface area contributed by atoms with Crippen molar-refractivity contribution in [3.63, 3.8) is 0 Å². The van der Waals surface area contributed by atoms with Gasteiger partial charge in [-0.05, 0) is 49.4 Å². The SMILES string of the molecule is COc1ccc(-c2nc(NC(=O)c3cc(Cl)ccc3Cl)sc2C)cc1. The van der Waals surface area contributed by atoms with E-state index < -0.39 is 0 Å². The molecule has 1 heterocycles. The molecule has 7 heteroatoms. The lowest BCUT2D eigenvalue weighted by Crippen LogP contribution is -2.12. The molecule has 128 valence electrons. The van der Waals surface area contributed by atoms with Crippen molar-refractivity contribution >= 4 is 45.6 Å². The fraction of sp³-hybridized carbons (Fsp3) is 0.111. The first-order chi connectivity index (χ1) is 12.0. The van der Waals surface area contributed by atoms with Gasteiger partial charge in [-0.3, -0.25) is 10.1 Å². The molecule has 3 aromatic rings. The average molecular weight is 393 g/mol. The molecule has 4 nitrogen and oxygen atoms in total. The van der Waals surface area contributed by atoms with Crippen LogP contribution in [0.3, 0.4) is 0 Å². The molecule has 0 aliphatic rings. The van der Waals surface area contributed by atoms with Gasteiger partial charge in [-0.2, -0.15) is 0 Å². The third-order valence-electron chi connectivity index (χ3n) is 3.55. The molecule has 0 saturated carbocycles. The Bertz CT molecular complexity index is 923. The summed E-state index contributed by atoms with van der Waals surface area (Å²) in [4.78, 5) is 17.9. The van der Waals surface area contributed by atoms with Crippen LogP contribution < -0.4 is 10.1 Å². The van der Waals surface area contributed by atoms with Gasteiger partial charge in [0.05, 0.1) is 23.4 Å². The van der Waals surface area contributed by atoms with Gasteiger partial charge < -0.3 is 4.74 Å². The highest BCUT2D eigenvalue weighted by atomic mass is 35.5. The zero-order chi connectivity index (χ0) is 18.0. The van der Waals surface area contributed by atoms with Crippen LogP contribution in [0, 0.1) is 6.92 Å². The summed E-state index contributed by atoms with van der Waals surface area (Å²) >= 11 is 13.4. The second-order valence-electron chi connectivity index (χ2n) is 5.23. The topological polar surface area (TPSA) is 51.2 Å². The second kappa shape index (κ2) is 7.44. The third kappa shape index (κ3) is 3.95. The highest BCUT2D eigenvalue weighted by Gasteiger charge is 2.15. The van der Waals surface area contributed by atoms with Crippen molar-refractivity contribution in [2.24, 2.45) is 0 Å². The zero-order valence-electron chi connectivity index (χ0n) is 13.5. The van der Waals surface area contributed by atoms with Gasteiger partial charge in [0.15, 0.2) is 5.13 Å². The Balaban J connectivity index is 1.84. The molecule has 2 aromatic carbocycles. The predicted octanol–water partition coefficient (Wildman–Crippen LogP) is 5.69. The number of hydrogen-bond donors (Lipinski definition) is 1. The van der Waals surface area contributed by atoms with Crippen LogP contribution in [0.1, 0.15) is 15.2 Å². The first-order valence-electron chi connectivity index (χ1n) is 7.36. The summed E-state index contributed by atoms with van der Waals surface area (Å²) in [5, 5.41) is 4.07. The number of nitrogens with zero attached hydrogens (tertiary/aromatic N) is 1. The van der Waals surface area contributed by atoms with E-state index in [1.165, 1.54) is 17.4 Å². The summed E-state index contributed by atoms with van der Waals surface area (Å²) < 4.78 is 5.16. The Labute approximate surface area is 159 Å². The summed E-state index contributed by atoms with van der Waals surface area (Å²) in [7, 11) is 1.62. The van der Waals surface area contributed by atoms with Crippen LogP contribution in [0.2, 0.25) is 10.0 Å². The van der Waals surface area contributed by atoms with Crippen molar-refractivity contribution in [2.75, 3.05) is 12.4 Å². The Kier molecular flexibility index (Phi) is 5.27. The number of halogens is 2. The molecule has 3 rings (SSSR count). The Morgan fingerprint density at radius 3 is 2.56 bits per heavy atom. The molecular formula is C18H14Cl2N2O2S. The Hall–Kier alpha value is -2.08. The maximum atomic E-state index is 12.4. The summed E-state index contributed by atoms with van der Waals surface area (Å²) in [6, 6.07) is 12.4. The Morgan fingerprint density at radius 1 is 1.16 bits per heavy atom. The Morgan fingerprint density at radius 2 is 1.88 bits per heavy atom. The molecule has 0 unspecified atom stereocenters. The fourth-order valence-corrected chi connectivity index (χ4v) is 3.51. The van der Waals surface area contributed by atoms with Crippen LogP contribution in [0.5, 0.6) is 5.75 Å². The molecule has 0 saturated heterocycles. The van der Waals surface area contributed by atoms with E-state index in [-0.39, 0.29) is 5.91 Å². The lowest BCUT2D eigenvalue weighted by molar-refractivity contribution is 0.102. The van der Waals surface area contributed by atoms with Gasteiger partial charge in [0, 0.05) is 15.5 Å². The van der Waals surface area contributed by atoms with Gasteiger partial charge in [-0.25, -0.2) is 4.98 Å². The molecule has 0 aliphatic heterocycles. The molecule has 0 aliphatic carbocycles. The minimum atomic E-state index is -0.345. The molecule has 25 heavy (non-hydrogen) atoms. The zero-order valence-corrected chi connectivity index (χ0v) is 15.8. The minimum Gasteiger partial charge on any atom is -0.497 e. The number of rotatable bonds is 4. The first kappa shape index (κ1) is 17.7. The summed E-state index contributed by atoms with van der Waals surface area (Å²) in [5.41, 5.74) is 2.09. The van der Waals surface area contributed by atoms with Crippen LogP contribution >= 0.6 is 34.5 Å². The average Bonchev–Trinajstić information content (AvgIpc) is 2.97. The number of nitrogens with one attached hydrogen (secondary N) is 1. The van der Waals surface area contributed by atoms with E-state index in [2.05, 4.69) is 10.3 Å². The molecule has 0 spiro atoms. The number of carbonyl (C=O) groups is 1. The summed E-state index contributed by atoms with van der Waals surface area (Å²) in [5.74, 6) is 0.434. The maximum Gasteiger partial charge on any atom is 0.259 e. The summed E-state index contributed by atoms with van der Waals surface area (Å²) in [6.07, 6.45) is 0. The van der Waals surface area contributed by atoms with Crippen LogP contribution in [-0.4, -0.2) is 18.0 Å². The molecule has 0 radical (unpaired) electrons. The highest BCUT2D eigenvalue weighted by molar-refractivity contribution is 7.16. The van der Waals surface area contributed by atoms with Crippen molar-refractivity contribution < 1.29 is 9.53 Å². The van der Waals surface area contributed by atoms with Crippen molar-refractivity contribution in [1.82, 2.24) is 4.98 Å². The fourth-order valence-electron chi connectivity index (χ4n) is 2.30. The monoisotopic (exact) mass is 392 g/mol. The quantitative estimate of drug-likeness (QED) is 0.620. The van der Waals surface area contributed by atoms with Gasteiger partial charge in [0.25, 0.3) is 5.91 Å². The number of hydrogen-bond acceptors (Lipinski definition) is 4. The van der Waals surface area contributed by atoms with E-state index in [1.54, 1.807) is 19.2 Å². The van der Waals surface area contributed by atoms with Crippen LogP contribution in [0.25, 0.3) is 11.3 Å². The molecule has 0 fully saturated rings.